The Hall–Kier alpha value is -0.570. The molecule has 0 aliphatic carbocycles. The summed E-state index contributed by atoms with van der Waals surface area (Å²) in [4.78, 5) is 0. The van der Waals surface area contributed by atoms with E-state index in [-0.39, 0.29) is 6.61 Å². The van der Waals surface area contributed by atoms with E-state index in [4.69, 9.17) is 11.9 Å². The molecular formula is C8H9ClO2. The van der Waals surface area contributed by atoms with Crippen molar-refractivity contribution in [2.45, 2.75) is 6.10 Å². The maximum atomic E-state index is 9.31. The van der Waals surface area contributed by atoms with Crippen molar-refractivity contribution in [1.82, 2.24) is 0 Å². The van der Waals surface area contributed by atoms with Gasteiger partial charge in [0.05, 0.1) is 18.5 Å². The molecule has 0 saturated heterocycles. The van der Waals surface area contributed by atoms with Gasteiger partial charge < -0.3 is 5.11 Å². The van der Waals surface area contributed by atoms with Crippen LogP contribution in [0.5, 0.6) is 0 Å². The zero-order chi connectivity index (χ0) is 8.10. The molecule has 0 aliphatic heterocycles. The molecule has 0 fully saturated rings. The Kier molecular flexibility index (Phi) is 3.36. The summed E-state index contributed by atoms with van der Waals surface area (Å²) >= 11 is 4.99. The first kappa shape index (κ1) is 8.53. The van der Waals surface area contributed by atoms with Gasteiger partial charge in [-0.05, 0) is 5.56 Å². The molecule has 1 aromatic rings. The fourth-order valence-electron chi connectivity index (χ4n) is 0.831. The van der Waals surface area contributed by atoms with Crippen LogP contribution < -0.4 is 0 Å². The second-order valence-corrected chi connectivity index (χ2v) is 2.42. The van der Waals surface area contributed by atoms with Gasteiger partial charge in [0.15, 0.2) is 0 Å². The number of halogens is 1. The average molecular weight is 173 g/mol. The third-order valence-corrected chi connectivity index (χ3v) is 1.53. The molecule has 2 nitrogen and oxygen atoms in total. The predicted molar refractivity (Wildman–Crippen MR) is 43.2 cm³/mol. The second-order valence-electron chi connectivity index (χ2n) is 2.20. The Morgan fingerprint density at radius 3 is 2.55 bits per heavy atom. The molecule has 0 saturated carbocycles. The highest BCUT2D eigenvalue weighted by Gasteiger charge is 2.04. The first-order valence-electron chi connectivity index (χ1n) is 3.31. The van der Waals surface area contributed by atoms with Gasteiger partial charge in [-0.15, -0.1) is 0 Å². The quantitative estimate of drug-likeness (QED) is 0.755. The SMILES string of the molecule is OC(COCl)c1ccccc1. The summed E-state index contributed by atoms with van der Waals surface area (Å²) in [7, 11) is 0. The van der Waals surface area contributed by atoms with Gasteiger partial charge in [-0.25, -0.2) is 0 Å². The minimum atomic E-state index is -0.631. The fourth-order valence-corrected chi connectivity index (χ4v) is 0.950. The monoisotopic (exact) mass is 172 g/mol. The number of rotatable bonds is 3. The van der Waals surface area contributed by atoms with Gasteiger partial charge in [0.1, 0.15) is 6.10 Å². The molecule has 1 atom stereocenters. The molecule has 0 radical (unpaired) electrons. The normalized spacial score (nSPS) is 12.9. The van der Waals surface area contributed by atoms with Gasteiger partial charge in [0.2, 0.25) is 0 Å². The smallest absolute Gasteiger partial charge is 0.104 e. The Labute approximate surface area is 70.5 Å². The van der Waals surface area contributed by atoms with Crippen LogP contribution in [0.25, 0.3) is 0 Å². The third kappa shape index (κ3) is 2.50. The molecule has 11 heavy (non-hydrogen) atoms. The molecule has 0 aromatic heterocycles. The molecule has 3 heteroatoms. The van der Waals surface area contributed by atoms with Crippen LogP contribution in [-0.4, -0.2) is 11.7 Å². The number of benzene rings is 1. The van der Waals surface area contributed by atoms with E-state index in [1.165, 1.54) is 0 Å². The highest BCUT2D eigenvalue weighted by atomic mass is 35.5. The van der Waals surface area contributed by atoms with Crippen molar-refractivity contribution < 1.29 is 9.40 Å². The van der Waals surface area contributed by atoms with Gasteiger partial charge in [-0.2, -0.15) is 0 Å². The molecule has 1 aromatic carbocycles. The van der Waals surface area contributed by atoms with Crippen LogP contribution in [0.1, 0.15) is 11.7 Å². The molecule has 1 rings (SSSR count). The van der Waals surface area contributed by atoms with Crippen LogP contribution in [0.2, 0.25) is 0 Å². The molecule has 0 spiro atoms. The average Bonchev–Trinajstić information content (AvgIpc) is 2.07. The molecule has 0 bridgehead atoms. The molecule has 0 heterocycles. The number of hydrogen-bond acceptors (Lipinski definition) is 2. The number of aliphatic hydroxyl groups is 1. The van der Waals surface area contributed by atoms with Crippen molar-refractivity contribution >= 4 is 11.9 Å². The van der Waals surface area contributed by atoms with Crippen molar-refractivity contribution in [2.24, 2.45) is 0 Å². The predicted octanol–water partition coefficient (Wildman–Crippen LogP) is 1.89. The summed E-state index contributed by atoms with van der Waals surface area (Å²) in [6, 6.07) is 9.23. The van der Waals surface area contributed by atoms with Gasteiger partial charge in [0, 0.05) is 0 Å². The van der Waals surface area contributed by atoms with Gasteiger partial charge in [0.25, 0.3) is 0 Å². The topological polar surface area (TPSA) is 29.5 Å². The first-order valence-corrected chi connectivity index (χ1v) is 3.62. The Bertz CT molecular complexity index is 201. The van der Waals surface area contributed by atoms with E-state index in [1.807, 2.05) is 30.3 Å². The lowest BCUT2D eigenvalue weighted by atomic mass is 10.1. The summed E-state index contributed by atoms with van der Waals surface area (Å²) < 4.78 is 4.28. The number of aliphatic hydroxyl groups excluding tert-OH is 1. The molecule has 0 aliphatic rings. The van der Waals surface area contributed by atoms with Crippen LogP contribution in [0.4, 0.5) is 0 Å². The summed E-state index contributed by atoms with van der Waals surface area (Å²) in [5.74, 6) is 0. The molecular weight excluding hydrogens is 164 g/mol. The van der Waals surface area contributed by atoms with Crippen LogP contribution in [0.3, 0.4) is 0 Å². The minimum absolute atomic E-state index is 0.117. The van der Waals surface area contributed by atoms with Gasteiger partial charge >= 0.3 is 0 Å². The molecule has 1 N–H and O–H groups in total. The van der Waals surface area contributed by atoms with E-state index in [2.05, 4.69) is 4.29 Å². The van der Waals surface area contributed by atoms with Crippen molar-refractivity contribution in [1.29, 1.82) is 0 Å². The van der Waals surface area contributed by atoms with Crippen molar-refractivity contribution in [2.75, 3.05) is 6.61 Å². The lowest BCUT2D eigenvalue weighted by Crippen LogP contribution is -2.02. The minimum Gasteiger partial charge on any atom is -0.386 e. The van der Waals surface area contributed by atoms with E-state index < -0.39 is 6.10 Å². The largest absolute Gasteiger partial charge is 0.386 e. The van der Waals surface area contributed by atoms with E-state index in [0.717, 1.165) is 5.56 Å². The Balaban J connectivity index is 2.61. The Morgan fingerprint density at radius 2 is 2.00 bits per heavy atom. The molecule has 0 amide bonds. The van der Waals surface area contributed by atoms with E-state index in [9.17, 15) is 5.11 Å². The van der Waals surface area contributed by atoms with Crippen LogP contribution in [0.15, 0.2) is 30.3 Å². The highest BCUT2D eigenvalue weighted by Crippen LogP contribution is 2.12. The third-order valence-electron chi connectivity index (χ3n) is 1.41. The summed E-state index contributed by atoms with van der Waals surface area (Å²) in [5.41, 5.74) is 0.813. The molecule has 60 valence electrons. The van der Waals surface area contributed by atoms with Gasteiger partial charge in [-0.3, -0.25) is 4.29 Å². The van der Waals surface area contributed by atoms with Crippen LogP contribution in [-0.2, 0) is 4.29 Å². The fraction of sp³-hybridized carbons (Fsp3) is 0.250. The first-order chi connectivity index (χ1) is 5.34. The van der Waals surface area contributed by atoms with Crippen LogP contribution >= 0.6 is 11.9 Å². The summed E-state index contributed by atoms with van der Waals surface area (Å²) in [6.07, 6.45) is -0.631. The van der Waals surface area contributed by atoms with E-state index >= 15 is 0 Å². The summed E-state index contributed by atoms with van der Waals surface area (Å²) in [5, 5.41) is 9.31. The second kappa shape index (κ2) is 4.34. The maximum Gasteiger partial charge on any atom is 0.104 e. The molecule has 1 unspecified atom stereocenters. The number of hydrogen-bond donors (Lipinski definition) is 1. The standard InChI is InChI=1S/C8H9ClO2/c9-11-6-8(10)7-4-2-1-3-5-7/h1-5,8,10H,6H2. The van der Waals surface area contributed by atoms with E-state index in [1.54, 1.807) is 0 Å². The van der Waals surface area contributed by atoms with Crippen molar-refractivity contribution in [3.8, 4) is 0 Å². The maximum absolute atomic E-state index is 9.31. The highest BCUT2D eigenvalue weighted by molar-refractivity contribution is 6.07. The summed E-state index contributed by atoms with van der Waals surface area (Å²) in [6.45, 7) is 0.117. The lowest BCUT2D eigenvalue weighted by molar-refractivity contribution is 0.114. The van der Waals surface area contributed by atoms with Crippen LogP contribution in [0, 0.1) is 0 Å². The van der Waals surface area contributed by atoms with Crippen molar-refractivity contribution in [3.63, 3.8) is 0 Å². The zero-order valence-corrected chi connectivity index (χ0v) is 6.66. The van der Waals surface area contributed by atoms with E-state index in [0.29, 0.717) is 0 Å². The zero-order valence-electron chi connectivity index (χ0n) is 5.90. The lowest BCUT2D eigenvalue weighted by Gasteiger charge is -2.06. The van der Waals surface area contributed by atoms with Crippen molar-refractivity contribution in [3.05, 3.63) is 35.9 Å². The Morgan fingerprint density at radius 1 is 1.36 bits per heavy atom. The van der Waals surface area contributed by atoms with Gasteiger partial charge in [-0.1, -0.05) is 30.3 Å².